The Morgan fingerprint density at radius 3 is 2.59 bits per heavy atom. The van der Waals surface area contributed by atoms with E-state index in [0.717, 1.165) is 6.42 Å². The molecule has 0 aliphatic rings. The van der Waals surface area contributed by atoms with Crippen LogP contribution in [0.1, 0.15) is 46.5 Å². The number of imidazole rings is 1. The number of carbonyl (C=O) groups is 2. The van der Waals surface area contributed by atoms with Gasteiger partial charge in [-0.05, 0) is 18.8 Å². The number of carbonyl (C=O) groups excluding carboxylic acids is 2. The van der Waals surface area contributed by atoms with Crippen molar-refractivity contribution in [2.75, 3.05) is 18.9 Å². The van der Waals surface area contributed by atoms with Crippen molar-refractivity contribution in [3.63, 3.8) is 0 Å². The van der Waals surface area contributed by atoms with Gasteiger partial charge in [0.25, 0.3) is 5.56 Å². The van der Waals surface area contributed by atoms with Crippen molar-refractivity contribution in [1.82, 2.24) is 19.5 Å². The molecule has 0 spiro atoms. The number of nitrogens with two attached hydrogens (primary N) is 2. The van der Waals surface area contributed by atoms with Crippen molar-refractivity contribution >= 4 is 41.5 Å². The van der Waals surface area contributed by atoms with Crippen LogP contribution in [0.3, 0.4) is 0 Å². The second kappa shape index (κ2) is 13.0. The molecule has 0 aliphatic carbocycles. The number of H-pyrrole nitrogens is 1. The number of fused-ring (bicyclic) bond motifs is 1. The quantitative estimate of drug-likeness (QED) is 0.386. The van der Waals surface area contributed by atoms with Crippen molar-refractivity contribution in [3.05, 3.63) is 16.7 Å². The van der Waals surface area contributed by atoms with Crippen molar-refractivity contribution in [2.45, 2.75) is 59.0 Å². The Hall–Kier alpha value is -2.66. The van der Waals surface area contributed by atoms with Gasteiger partial charge in [-0.1, -0.05) is 27.2 Å². The lowest BCUT2D eigenvalue weighted by Gasteiger charge is -2.21. The molecule has 2 unspecified atom stereocenters. The van der Waals surface area contributed by atoms with Crippen LogP contribution < -0.4 is 17.0 Å². The Kier molecular flexibility index (Phi) is 11.1. The molecule has 180 valence electrons. The summed E-state index contributed by atoms with van der Waals surface area (Å²) in [6.45, 7) is 6.31. The maximum absolute atomic E-state index is 12.2. The van der Waals surface area contributed by atoms with Crippen molar-refractivity contribution in [2.24, 2.45) is 17.6 Å². The van der Waals surface area contributed by atoms with E-state index in [4.69, 9.17) is 20.9 Å². The Morgan fingerprint density at radius 1 is 1.25 bits per heavy atom. The van der Waals surface area contributed by atoms with E-state index in [-0.39, 0.29) is 54.9 Å². The van der Waals surface area contributed by atoms with Gasteiger partial charge in [-0.15, -0.1) is 12.4 Å². The zero-order valence-corrected chi connectivity index (χ0v) is 19.5. The number of aromatic amines is 1. The van der Waals surface area contributed by atoms with Gasteiger partial charge in [0.2, 0.25) is 5.95 Å². The van der Waals surface area contributed by atoms with Crippen LogP contribution in [0.4, 0.5) is 5.95 Å². The molecular formula is C20H33ClN6O5. The van der Waals surface area contributed by atoms with Crippen LogP contribution in [0, 0.1) is 11.8 Å². The van der Waals surface area contributed by atoms with Gasteiger partial charge in [0.15, 0.2) is 11.2 Å². The highest BCUT2D eigenvalue weighted by Gasteiger charge is 2.23. The predicted molar refractivity (Wildman–Crippen MR) is 122 cm³/mol. The molecule has 0 aromatic carbocycles. The first-order valence-corrected chi connectivity index (χ1v) is 10.5. The van der Waals surface area contributed by atoms with E-state index in [1.54, 1.807) is 4.57 Å². The van der Waals surface area contributed by atoms with Gasteiger partial charge < -0.3 is 25.5 Å². The first kappa shape index (κ1) is 27.4. The summed E-state index contributed by atoms with van der Waals surface area (Å²) in [6.07, 6.45) is 3.76. The normalized spacial score (nSPS) is 13.8. The number of aryl methyl sites for hydroxylation is 1. The van der Waals surface area contributed by atoms with Crippen LogP contribution in [0.5, 0.6) is 0 Å². The average molecular weight is 473 g/mol. The molecule has 0 amide bonds. The Bertz CT molecular complexity index is 946. The van der Waals surface area contributed by atoms with Crippen molar-refractivity contribution in [3.8, 4) is 0 Å². The van der Waals surface area contributed by atoms with Gasteiger partial charge in [-0.2, -0.15) is 4.98 Å². The van der Waals surface area contributed by atoms with E-state index < -0.39 is 17.6 Å². The van der Waals surface area contributed by atoms with E-state index in [1.807, 2.05) is 20.8 Å². The van der Waals surface area contributed by atoms with Crippen molar-refractivity contribution in [1.29, 1.82) is 0 Å². The fourth-order valence-electron chi connectivity index (χ4n) is 2.94. The third-order valence-corrected chi connectivity index (χ3v) is 5.20. The van der Waals surface area contributed by atoms with Crippen LogP contribution in [-0.2, 0) is 25.6 Å². The highest BCUT2D eigenvalue weighted by atomic mass is 35.5. The van der Waals surface area contributed by atoms with E-state index >= 15 is 0 Å². The SMILES string of the molecule is CCCC(=O)OCC(CCn1cnc2c(=O)[nH]c(N)nc21)COC(=O)[C@@H](N)C(C)CC.Cl. The molecule has 0 saturated heterocycles. The van der Waals surface area contributed by atoms with Gasteiger partial charge in [-0.3, -0.25) is 19.4 Å². The number of nitrogen functional groups attached to an aromatic ring is 1. The molecule has 2 aromatic heterocycles. The molecule has 0 fully saturated rings. The average Bonchev–Trinajstić information content (AvgIpc) is 3.15. The zero-order chi connectivity index (χ0) is 23.0. The molecule has 3 atom stereocenters. The van der Waals surface area contributed by atoms with E-state index in [9.17, 15) is 14.4 Å². The number of aromatic nitrogens is 4. The van der Waals surface area contributed by atoms with Gasteiger partial charge in [0.05, 0.1) is 19.5 Å². The number of halogens is 1. The van der Waals surface area contributed by atoms with Crippen LogP contribution in [0.15, 0.2) is 11.1 Å². The molecule has 12 heteroatoms. The molecule has 2 aromatic rings. The topological polar surface area (TPSA) is 168 Å². The molecule has 0 radical (unpaired) electrons. The number of esters is 2. The first-order chi connectivity index (χ1) is 14.8. The molecule has 0 bridgehead atoms. The molecular weight excluding hydrogens is 440 g/mol. The van der Waals surface area contributed by atoms with Crippen LogP contribution in [0.2, 0.25) is 0 Å². The summed E-state index contributed by atoms with van der Waals surface area (Å²) >= 11 is 0. The lowest BCUT2D eigenvalue weighted by molar-refractivity contribution is -0.151. The first-order valence-electron chi connectivity index (χ1n) is 10.5. The second-order valence-corrected chi connectivity index (χ2v) is 7.69. The lowest BCUT2D eigenvalue weighted by atomic mass is 10.0. The summed E-state index contributed by atoms with van der Waals surface area (Å²) < 4.78 is 12.4. The minimum atomic E-state index is -0.704. The van der Waals surface area contributed by atoms with Gasteiger partial charge in [0.1, 0.15) is 6.04 Å². The number of nitrogens with one attached hydrogen (secondary N) is 1. The largest absolute Gasteiger partial charge is 0.465 e. The highest BCUT2D eigenvalue weighted by molar-refractivity contribution is 5.85. The maximum Gasteiger partial charge on any atom is 0.323 e. The Balaban J connectivity index is 0.00000512. The van der Waals surface area contributed by atoms with Crippen LogP contribution >= 0.6 is 12.4 Å². The number of rotatable bonds is 12. The fourth-order valence-corrected chi connectivity index (χ4v) is 2.94. The summed E-state index contributed by atoms with van der Waals surface area (Å²) in [5.41, 5.74) is 11.7. The van der Waals surface area contributed by atoms with Gasteiger partial charge >= 0.3 is 11.9 Å². The monoisotopic (exact) mass is 472 g/mol. The molecule has 32 heavy (non-hydrogen) atoms. The van der Waals surface area contributed by atoms with E-state index in [1.165, 1.54) is 6.33 Å². The summed E-state index contributed by atoms with van der Waals surface area (Å²) in [5.74, 6) is -1.04. The Labute approximate surface area is 192 Å². The third kappa shape index (κ3) is 7.49. The van der Waals surface area contributed by atoms with Crippen LogP contribution in [0.25, 0.3) is 11.2 Å². The number of hydrogen-bond donors (Lipinski definition) is 3. The molecule has 0 saturated carbocycles. The molecule has 2 rings (SSSR count). The predicted octanol–water partition coefficient (Wildman–Crippen LogP) is 1.39. The van der Waals surface area contributed by atoms with E-state index in [0.29, 0.717) is 31.5 Å². The van der Waals surface area contributed by atoms with Gasteiger partial charge in [0, 0.05) is 18.9 Å². The molecule has 5 N–H and O–H groups in total. The number of hydrogen-bond acceptors (Lipinski definition) is 9. The third-order valence-electron chi connectivity index (χ3n) is 5.20. The fraction of sp³-hybridized carbons (Fsp3) is 0.650. The standard InChI is InChI=1S/C20H32N6O5.ClH/c1-4-6-14(27)30-9-13(10-31-19(29)15(21)12(3)5-2)7-8-26-11-23-16-17(26)24-20(22)25-18(16)28;/h11-13,15H,4-10,21H2,1-3H3,(H3,22,24,25,28);1H/t12?,13?,15-;/m0./s1. The van der Waals surface area contributed by atoms with Gasteiger partial charge in [-0.25, -0.2) is 4.98 Å². The Morgan fingerprint density at radius 2 is 1.94 bits per heavy atom. The summed E-state index contributed by atoms with van der Waals surface area (Å²) in [4.78, 5) is 46.6. The smallest absolute Gasteiger partial charge is 0.323 e. The minimum Gasteiger partial charge on any atom is -0.465 e. The summed E-state index contributed by atoms with van der Waals surface area (Å²) in [5, 5.41) is 0. The second-order valence-electron chi connectivity index (χ2n) is 7.69. The summed E-state index contributed by atoms with van der Waals surface area (Å²) in [6, 6.07) is -0.704. The lowest BCUT2D eigenvalue weighted by Crippen LogP contribution is -2.39. The van der Waals surface area contributed by atoms with Crippen LogP contribution in [-0.4, -0.2) is 50.7 Å². The van der Waals surface area contributed by atoms with E-state index in [2.05, 4.69) is 15.0 Å². The highest BCUT2D eigenvalue weighted by Crippen LogP contribution is 2.14. The molecule has 0 aliphatic heterocycles. The number of anilines is 1. The number of ether oxygens (including phenoxy) is 2. The molecule has 2 heterocycles. The maximum atomic E-state index is 12.2. The molecule has 11 nitrogen and oxygen atoms in total. The number of nitrogens with zero attached hydrogens (tertiary/aromatic N) is 3. The minimum absolute atomic E-state index is 0. The van der Waals surface area contributed by atoms with Crippen molar-refractivity contribution < 1.29 is 19.1 Å². The zero-order valence-electron chi connectivity index (χ0n) is 18.7. The summed E-state index contributed by atoms with van der Waals surface area (Å²) in [7, 11) is 0.